The second-order valence-corrected chi connectivity index (χ2v) is 6.03. The van der Waals surface area contributed by atoms with Gasteiger partial charge in [0.15, 0.2) is 0 Å². The number of nitrogens with zero attached hydrogens (tertiary/aromatic N) is 2. The number of fused-ring (bicyclic) bond motifs is 1. The number of amides is 2. The van der Waals surface area contributed by atoms with Crippen molar-refractivity contribution in [3.63, 3.8) is 0 Å². The SMILES string of the molecule is CC(=O)N1CCCc2cc(-c3ccc(C(=O)NCCO)nc3)ccc21. The Kier molecular flexibility index (Phi) is 5.09. The summed E-state index contributed by atoms with van der Waals surface area (Å²) in [5.74, 6) is -0.239. The zero-order valence-corrected chi connectivity index (χ0v) is 14.2. The van der Waals surface area contributed by atoms with Crippen LogP contribution in [0.5, 0.6) is 0 Å². The average Bonchev–Trinajstić information content (AvgIpc) is 2.65. The van der Waals surface area contributed by atoms with E-state index in [1.54, 1.807) is 19.2 Å². The van der Waals surface area contributed by atoms with Crippen molar-refractivity contribution >= 4 is 17.5 Å². The van der Waals surface area contributed by atoms with Crippen molar-refractivity contribution in [3.8, 4) is 11.1 Å². The maximum Gasteiger partial charge on any atom is 0.269 e. The number of pyridine rings is 1. The molecular formula is C19H21N3O3. The number of hydrogen-bond donors (Lipinski definition) is 2. The molecule has 0 saturated heterocycles. The Bertz CT molecular complexity index is 787. The predicted molar refractivity (Wildman–Crippen MR) is 95.4 cm³/mol. The Morgan fingerprint density at radius 1 is 1.24 bits per heavy atom. The lowest BCUT2D eigenvalue weighted by atomic mass is 9.96. The van der Waals surface area contributed by atoms with E-state index in [0.29, 0.717) is 5.69 Å². The first-order valence-electron chi connectivity index (χ1n) is 8.36. The third-order valence-corrected chi connectivity index (χ3v) is 4.31. The lowest BCUT2D eigenvalue weighted by molar-refractivity contribution is -0.116. The van der Waals surface area contributed by atoms with E-state index in [1.807, 2.05) is 23.1 Å². The van der Waals surface area contributed by atoms with Gasteiger partial charge in [0, 0.05) is 37.5 Å². The van der Waals surface area contributed by atoms with Gasteiger partial charge in [-0.25, -0.2) is 0 Å². The second-order valence-electron chi connectivity index (χ2n) is 6.03. The maximum absolute atomic E-state index is 11.8. The molecule has 0 bridgehead atoms. The van der Waals surface area contributed by atoms with Gasteiger partial charge in [-0.3, -0.25) is 14.6 Å². The summed E-state index contributed by atoms with van der Waals surface area (Å²) in [6.45, 7) is 2.46. The second kappa shape index (κ2) is 7.44. The normalized spacial score (nSPS) is 13.3. The molecule has 0 saturated carbocycles. The smallest absolute Gasteiger partial charge is 0.269 e. The predicted octanol–water partition coefficient (Wildman–Crippen LogP) is 1.77. The van der Waals surface area contributed by atoms with Crippen LogP contribution in [0.1, 0.15) is 29.4 Å². The van der Waals surface area contributed by atoms with Crippen LogP contribution in [-0.4, -0.2) is 41.6 Å². The highest BCUT2D eigenvalue weighted by Crippen LogP contribution is 2.31. The molecule has 0 radical (unpaired) electrons. The number of aromatic nitrogens is 1. The van der Waals surface area contributed by atoms with Crippen molar-refractivity contribution in [1.82, 2.24) is 10.3 Å². The van der Waals surface area contributed by atoms with Crippen LogP contribution in [-0.2, 0) is 11.2 Å². The molecule has 2 amide bonds. The topological polar surface area (TPSA) is 82.5 Å². The van der Waals surface area contributed by atoms with Crippen molar-refractivity contribution in [2.24, 2.45) is 0 Å². The van der Waals surface area contributed by atoms with Gasteiger partial charge in [-0.15, -0.1) is 0 Å². The molecule has 0 unspecified atom stereocenters. The molecule has 2 N–H and O–H groups in total. The number of anilines is 1. The number of benzene rings is 1. The third kappa shape index (κ3) is 3.69. The first kappa shape index (κ1) is 17.1. The number of aliphatic hydroxyl groups is 1. The lowest BCUT2D eigenvalue weighted by Crippen LogP contribution is -2.33. The summed E-state index contributed by atoms with van der Waals surface area (Å²) in [7, 11) is 0. The molecule has 3 rings (SSSR count). The van der Waals surface area contributed by atoms with Gasteiger partial charge in [-0.1, -0.05) is 12.1 Å². The van der Waals surface area contributed by atoms with Gasteiger partial charge in [0.25, 0.3) is 5.91 Å². The molecule has 0 spiro atoms. The van der Waals surface area contributed by atoms with Crippen molar-refractivity contribution in [2.45, 2.75) is 19.8 Å². The monoisotopic (exact) mass is 339 g/mol. The zero-order chi connectivity index (χ0) is 17.8. The Morgan fingerprint density at radius 3 is 2.72 bits per heavy atom. The first-order chi connectivity index (χ1) is 12.1. The summed E-state index contributed by atoms with van der Waals surface area (Å²) in [5, 5.41) is 11.3. The van der Waals surface area contributed by atoms with E-state index in [4.69, 9.17) is 5.11 Å². The number of hydrogen-bond acceptors (Lipinski definition) is 4. The molecule has 2 aromatic rings. The fourth-order valence-electron chi connectivity index (χ4n) is 3.06. The van der Waals surface area contributed by atoms with Gasteiger partial charge in [-0.05, 0) is 42.2 Å². The van der Waals surface area contributed by atoms with E-state index in [0.717, 1.165) is 41.8 Å². The number of rotatable bonds is 4. The Balaban J connectivity index is 1.83. The lowest BCUT2D eigenvalue weighted by Gasteiger charge is -2.29. The van der Waals surface area contributed by atoms with Gasteiger partial charge in [0.1, 0.15) is 5.69 Å². The van der Waals surface area contributed by atoms with Crippen molar-refractivity contribution < 1.29 is 14.7 Å². The van der Waals surface area contributed by atoms with Crippen LogP contribution < -0.4 is 10.2 Å². The van der Waals surface area contributed by atoms with Crippen molar-refractivity contribution in [1.29, 1.82) is 0 Å². The molecule has 1 aromatic carbocycles. The summed E-state index contributed by atoms with van der Waals surface area (Å²) < 4.78 is 0. The number of carbonyl (C=O) groups is 2. The minimum atomic E-state index is -0.303. The van der Waals surface area contributed by atoms with E-state index in [9.17, 15) is 9.59 Å². The molecule has 0 atom stereocenters. The Morgan fingerprint density at radius 2 is 2.04 bits per heavy atom. The number of aliphatic hydroxyl groups excluding tert-OH is 1. The molecule has 6 nitrogen and oxygen atoms in total. The average molecular weight is 339 g/mol. The molecule has 1 aromatic heterocycles. The molecule has 1 aliphatic rings. The minimum absolute atomic E-state index is 0.0635. The largest absolute Gasteiger partial charge is 0.395 e. The van der Waals surface area contributed by atoms with Crippen molar-refractivity contribution in [3.05, 3.63) is 47.8 Å². The van der Waals surface area contributed by atoms with E-state index >= 15 is 0 Å². The van der Waals surface area contributed by atoms with Crippen LogP contribution in [0.4, 0.5) is 5.69 Å². The van der Waals surface area contributed by atoms with Crippen LogP contribution in [0.2, 0.25) is 0 Å². The Hall–Kier alpha value is -2.73. The maximum atomic E-state index is 11.8. The molecule has 0 fully saturated rings. The number of aryl methyl sites for hydroxylation is 1. The van der Waals surface area contributed by atoms with E-state index in [2.05, 4.69) is 16.4 Å². The molecule has 0 aliphatic carbocycles. The van der Waals surface area contributed by atoms with E-state index < -0.39 is 0 Å². The highest BCUT2D eigenvalue weighted by molar-refractivity contribution is 5.94. The van der Waals surface area contributed by atoms with Gasteiger partial charge < -0.3 is 15.3 Å². The molecule has 25 heavy (non-hydrogen) atoms. The van der Waals surface area contributed by atoms with Crippen LogP contribution in [0, 0.1) is 0 Å². The van der Waals surface area contributed by atoms with E-state index in [-0.39, 0.29) is 25.0 Å². The first-order valence-corrected chi connectivity index (χ1v) is 8.36. The summed E-state index contributed by atoms with van der Waals surface area (Å²) in [6, 6.07) is 9.57. The summed E-state index contributed by atoms with van der Waals surface area (Å²) in [5.41, 5.74) is 4.39. The fourth-order valence-corrected chi connectivity index (χ4v) is 3.06. The molecular weight excluding hydrogens is 318 g/mol. The number of nitrogens with one attached hydrogen (secondary N) is 1. The van der Waals surface area contributed by atoms with Gasteiger partial charge >= 0.3 is 0 Å². The van der Waals surface area contributed by atoms with E-state index in [1.165, 1.54) is 0 Å². The quantitative estimate of drug-likeness (QED) is 0.889. The van der Waals surface area contributed by atoms with Gasteiger partial charge in [0.05, 0.1) is 6.61 Å². The molecule has 2 heterocycles. The summed E-state index contributed by atoms with van der Waals surface area (Å²) in [4.78, 5) is 29.6. The standard InChI is InChI=1S/C19H21N3O3/c1-13(24)22-9-2-3-15-11-14(5-7-18(15)22)16-4-6-17(21-12-16)19(25)20-8-10-23/h4-7,11-12,23H,2-3,8-10H2,1H3,(H,20,25). The number of carbonyl (C=O) groups excluding carboxylic acids is 2. The van der Waals surface area contributed by atoms with Crippen LogP contribution >= 0.6 is 0 Å². The Labute approximate surface area is 146 Å². The zero-order valence-electron chi connectivity index (χ0n) is 14.2. The third-order valence-electron chi connectivity index (χ3n) is 4.31. The fraction of sp³-hybridized carbons (Fsp3) is 0.316. The van der Waals surface area contributed by atoms with Crippen LogP contribution in [0.3, 0.4) is 0 Å². The van der Waals surface area contributed by atoms with Gasteiger partial charge in [-0.2, -0.15) is 0 Å². The minimum Gasteiger partial charge on any atom is -0.395 e. The molecule has 1 aliphatic heterocycles. The molecule has 130 valence electrons. The highest BCUT2D eigenvalue weighted by atomic mass is 16.3. The van der Waals surface area contributed by atoms with Crippen molar-refractivity contribution in [2.75, 3.05) is 24.6 Å². The molecule has 6 heteroatoms. The summed E-state index contributed by atoms with van der Waals surface area (Å²) >= 11 is 0. The highest BCUT2D eigenvalue weighted by Gasteiger charge is 2.20. The van der Waals surface area contributed by atoms with Crippen LogP contribution in [0.15, 0.2) is 36.5 Å². The van der Waals surface area contributed by atoms with Gasteiger partial charge in [0.2, 0.25) is 5.91 Å². The summed E-state index contributed by atoms with van der Waals surface area (Å²) in [6.07, 6.45) is 3.57. The van der Waals surface area contributed by atoms with Crippen LogP contribution in [0.25, 0.3) is 11.1 Å².